The molecule has 0 aliphatic rings. The van der Waals surface area contributed by atoms with Gasteiger partial charge in [0.2, 0.25) is 0 Å². The molecule has 7 heteroatoms. The molecule has 0 unspecified atom stereocenters. The Balaban J connectivity index is 2.06. The number of nitrogens with one attached hydrogen (secondary N) is 2. The first kappa shape index (κ1) is 15.3. The summed E-state index contributed by atoms with van der Waals surface area (Å²) in [6.07, 6.45) is 0. The number of amides is 1. The zero-order valence-corrected chi connectivity index (χ0v) is 12.1. The van der Waals surface area contributed by atoms with E-state index in [1.54, 1.807) is 24.3 Å². The lowest BCUT2D eigenvalue weighted by molar-refractivity contribution is 0.0973. The van der Waals surface area contributed by atoms with Crippen molar-refractivity contribution in [2.45, 2.75) is 0 Å². The second kappa shape index (κ2) is 6.60. The van der Waals surface area contributed by atoms with Gasteiger partial charge in [-0.15, -0.1) is 0 Å². The number of para-hydroxylation sites is 1. The summed E-state index contributed by atoms with van der Waals surface area (Å²) in [5.41, 5.74) is 0.198. The number of carbonyl (C=O) groups excluding carboxylic acids is 1. The molecule has 2 rings (SSSR count). The minimum atomic E-state index is -0.965. The molecule has 0 saturated heterocycles. The lowest BCUT2D eigenvalue weighted by atomic mass is 10.2. The number of halogens is 3. The van der Waals surface area contributed by atoms with Crippen molar-refractivity contribution in [1.82, 2.24) is 5.32 Å². The second-order valence-electron chi connectivity index (χ2n) is 4.01. The summed E-state index contributed by atoms with van der Waals surface area (Å²) in [4.78, 5) is 11.8. The summed E-state index contributed by atoms with van der Waals surface area (Å²) in [6, 6.07) is 9.44. The molecule has 21 heavy (non-hydrogen) atoms. The van der Waals surface area contributed by atoms with Crippen LogP contribution in [0.5, 0.6) is 0 Å². The van der Waals surface area contributed by atoms with Gasteiger partial charge in [0.1, 0.15) is 11.6 Å². The number of hydrogen-bond donors (Lipinski definition) is 2. The van der Waals surface area contributed by atoms with Gasteiger partial charge in [-0.2, -0.15) is 0 Å². The first-order valence-corrected chi connectivity index (χ1v) is 6.58. The van der Waals surface area contributed by atoms with Gasteiger partial charge in [0.25, 0.3) is 5.91 Å². The molecule has 1 amide bonds. The van der Waals surface area contributed by atoms with Crippen molar-refractivity contribution in [3.05, 3.63) is 64.7 Å². The largest absolute Gasteiger partial charge is 0.331 e. The molecule has 0 bridgehead atoms. The fourth-order valence-corrected chi connectivity index (χ4v) is 1.95. The van der Waals surface area contributed by atoms with Crippen LogP contribution in [0.3, 0.4) is 0 Å². The van der Waals surface area contributed by atoms with Crippen molar-refractivity contribution >= 4 is 40.5 Å². The van der Waals surface area contributed by atoms with Crippen molar-refractivity contribution in [3.63, 3.8) is 0 Å². The molecule has 0 atom stereocenters. The Morgan fingerprint density at radius 1 is 1.14 bits per heavy atom. The number of rotatable bonds is 2. The van der Waals surface area contributed by atoms with E-state index in [-0.39, 0.29) is 10.7 Å². The number of hydrogen-bond acceptors (Lipinski definition) is 2. The van der Waals surface area contributed by atoms with Crippen molar-refractivity contribution in [1.29, 1.82) is 0 Å². The molecule has 2 aromatic rings. The summed E-state index contributed by atoms with van der Waals surface area (Å²) >= 11 is 10.9. The average Bonchev–Trinajstić information content (AvgIpc) is 2.41. The Bertz CT molecular complexity index is 709. The van der Waals surface area contributed by atoms with Crippen molar-refractivity contribution in [3.8, 4) is 0 Å². The Morgan fingerprint density at radius 3 is 2.52 bits per heavy atom. The van der Waals surface area contributed by atoms with Gasteiger partial charge in [-0.1, -0.05) is 23.7 Å². The Morgan fingerprint density at radius 2 is 1.86 bits per heavy atom. The molecular formula is C14H9ClF2N2OS. The highest BCUT2D eigenvalue weighted by Gasteiger charge is 2.14. The van der Waals surface area contributed by atoms with Crippen LogP contribution < -0.4 is 10.6 Å². The number of thiocarbonyl (C=S) groups is 1. The van der Waals surface area contributed by atoms with Crippen LogP contribution in [0.1, 0.15) is 10.4 Å². The lowest BCUT2D eigenvalue weighted by Gasteiger charge is -2.11. The highest BCUT2D eigenvalue weighted by Crippen LogP contribution is 2.20. The molecule has 0 heterocycles. The van der Waals surface area contributed by atoms with Crippen LogP contribution in [0.4, 0.5) is 14.5 Å². The van der Waals surface area contributed by atoms with Gasteiger partial charge in [0, 0.05) is 6.07 Å². The highest BCUT2D eigenvalue weighted by molar-refractivity contribution is 7.80. The van der Waals surface area contributed by atoms with Gasteiger partial charge < -0.3 is 5.32 Å². The van der Waals surface area contributed by atoms with E-state index in [0.29, 0.717) is 16.8 Å². The van der Waals surface area contributed by atoms with E-state index >= 15 is 0 Å². The standard InChI is InChI=1S/C14H9ClF2N2OS/c15-10-3-1-2-4-12(10)18-14(21)19-13(20)9-6-5-8(16)7-11(9)17/h1-7H,(H2,18,19,20,21). The van der Waals surface area contributed by atoms with E-state index in [0.717, 1.165) is 12.1 Å². The fourth-order valence-electron chi connectivity index (χ4n) is 1.56. The van der Waals surface area contributed by atoms with E-state index in [1.807, 2.05) is 0 Å². The molecule has 0 aliphatic carbocycles. The van der Waals surface area contributed by atoms with Crippen LogP contribution >= 0.6 is 23.8 Å². The van der Waals surface area contributed by atoms with Gasteiger partial charge >= 0.3 is 0 Å². The molecule has 0 radical (unpaired) electrons. The molecule has 108 valence electrons. The van der Waals surface area contributed by atoms with E-state index in [2.05, 4.69) is 10.6 Å². The average molecular weight is 327 g/mol. The van der Waals surface area contributed by atoms with E-state index in [4.69, 9.17) is 23.8 Å². The van der Waals surface area contributed by atoms with Gasteiger partial charge in [-0.25, -0.2) is 8.78 Å². The molecule has 0 aromatic heterocycles. The Labute approximate surface area is 129 Å². The second-order valence-corrected chi connectivity index (χ2v) is 4.83. The van der Waals surface area contributed by atoms with Gasteiger partial charge in [-0.3, -0.25) is 10.1 Å². The molecular weight excluding hydrogens is 318 g/mol. The summed E-state index contributed by atoms with van der Waals surface area (Å²) in [7, 11) is 0. The maximum absolute atomic E-state index is 13.5. The topological polar surface area (TPSA) is 41.1 Å². The lowest BCUT2D eigenvalue weighted by Crippen LogP contribution is -2.34. The third kappa shape index (κ3) is 3.96. The summed E-state index contributed by atoms with van der Waals surface area (Å²) in [6.45, 7) is 0. The van der Waals surface area contributed by atoms with Gasteiger partial charge in [0.05, 0.1) is 16.3 Å². The summed E-state index contributed by atoms with van der Waals surface area (Å²) in [5, 5.41) is 5.38. The van der Waals surface area contributed by atoms with Crippen molar-refractivity contribution < 1.29 is 13.6 Å². The molecule has 2 N–H and O–H groups in total. The van der Waals surface area contributed by atoms with Crippen LogP contribution in [0.2, 0.25) is 5.02 Å². The summed E-state index contributed by atoms with van der Waals surface area (Å²) < 4.78 is 26.2. The first-order chi connectivity index (χ1) is 9.97. The zero-order chi connectivity index (χ0) is 15.4. The van der Waals surface area contributed by atoms with Crippen LogP contribution in [-0.4, -0.2) is 11.0 Å². The smallest absolute Gasteiger partial charge is 0.260 e. The Hall–Kier alpha value is -2.05. The molecule has 0 aliphatic heterocycles. The minimum Gasteiger partial charge on any atom is -0.331 e. The third-order valence-corrected chi connectivity index (χ3v) is 3.06. The molecule has 3 nitrogen and oxygen atoms in total. The van der Waals surface area contributed by atoms with Crippen LogP contribution in [-0.2, 0) is 0 Å². The molecule has 0 fully saturated rings. The number of anilines is 1. The molecule has 0 spiro atoms. The SMILES string of the molecule is O=C(NC(=S)Nc1ccccc1Cl)c1ccc(F)cc1F. The highest BCUT2D eigenvalue weighted by atomic mass is 35.5. The van der Waals surface area contributed by atoms with Crippen LogP contribution in [0.15, 0.2) is 42.5 Å². The van der Waals surface area contributed by atoms with Gasteiger partial charge in [0.15, 0.2) is 5.11 Å². The first-order valence-electron chi connectivity index (χ1n) is 5.79. The number of carbonyl (C=O) groups is 1. The van der Waals surface area contributed by atoms with Gasteiger partial charge in [-0.05, 0) is 36.5 Å². The predicted octanol–water partition coefficient (Wildman–Crippen LogP) is 3.75. The van der Waals surface area contributed by atoms with Crippen molar-refractivity contribution in [2.24, 2.45) is 0 Å². The quantitative estimate of drug-likeness (QED) is 0.826. The minimum absolute atomic E-state index is 0.0446. The Kier molecular flexibility index (Phi) is 4.82. The third-order valence-electron chi connectivity index (χ3n) is 2.52. The van der Waals surface area contributed by atoms with E-state index in [9.17, 15) is 13.6 Å². The van der Waals surface area contributed by atoms with Crippen LogP contribution in [0.25, 0.3) is 0 Å². The van der Waals surface area contributed by atoms with Crippen LogP contribution in [0, 0.1) is 11.6 Å². The molecule has 0 saturated carbocycles. The van der Waals surface area contributed by atoms with Crippen molar-refractivity contribution in [2.75, 3.05) is 5.32 Å². The molecule has 2 aromatic carbocycles. The zero-order valence-electron chi connectivity index (χ0n) is 10.5. The van der Waals surface area contributed by atoms with E-state index < -0.39 is 17.5 Å². The fraction of sp³-hybridized carbons (Fsp3) is 0. The number of benzene rings is 2. The maximum Gasteiger partial charge on any atom is 0.260 e. The predicted molar refractivity (Wildman–Crippen MR) is 81.5 cm³/mol. The normalized spacial score (nSPS) is 10.0. The maximum atomic E-state index is 13.5. The monoisotopic (exact) mass is 326 g/mol. The summed E-state index contributed by atoms with van der Waals surface area (Å²) in [5.74, 6) is -2.51. The van der Waals surface area contributed by atoms with E-state index in [1.165, 1.54) is 0 Å².